The van der Waals surface area contributed by atoms with E-state index in [0.717, 1.165) is 28.6 Å². The van der Waals surface area contributed by atoms with Gasteiger partial charge in [0, 0.05) is 12.8 Å². The van der Waals surface area contributed by atoms with Crippen LogP contribution in [0, 0.1) is 6.92 Å². The average molecular weight is 261 g/mol. The highest BCUT2D eigenvalue weighted by molar-refractivity contribution is 7.98. The van der Waals surface area contributed by atoms with Gasteiger partial charge in [-0.3, -0.25) is 4.68 Å². The summed E-state index contributed by atoms with van der Waals surface area (Å²) in [6.07, 6.45) is 0.880. The van der Waals surface area contributed by atoms with Crippen LogP contribution < -0.4 is 5.73 Å². The summed E-state index contributed by atoms with van der Waals surface area (Å²) in [5, 5.41) is 5.50. The van der Waals surface area contributed by atoms with Gasteiger partial charge in [0.25, 0.3) is 0 Å². The minimum absolute atomic E-state index is 0.832. The van der Waals surface area contributed by atoms with E-state index in [4.69, 9.17) is 5.73 Å². The second kappa shape index (κ2) is 5.48. The zero-order valence-electron chi connectivity index (χ0n) is 11.1. The minimum Gasteiger partial charge on any atom is -0.395 e. The van der Waals surface area contributed by atoms with Gasteiger partial charge in [0.2, 0.25) is 0 Å². The second-order valence-corrected chi connectivity index (χ2v) is 5.32. The Morgan fingerprint density at radius 2 is 2.06 bits per heavy atom. The highest BCUT2D eigenvalue weighted by Gasteiger charge is 2.12. The Hall–Kier alpha value is -1.42. The number of benzene rings is 1. The van der Waals surface area contributed by atoms with Gasteiger partial charge in [-0.05, 0) is 24.5 Å². The standard InChI is InChI=1S/C14H19N3S/c1-4-12-13(15)14(17(3)16-12)18-9-11-8-6-5-7-10(11)2/h5-8H,4,9,15H2,1-3H3. The molecule has 0 aliphatic carbocycles. The molecule has 0 saturated heterocycles. The van der Waals surface area contributed by atoms with Crippen molar-refractivity contribution >= 4 is 17.4 Å². The molecule has 2 N–H and O–H groups in total. The molecular weight excluding hydrogens is 242 g/mol. The van der Waals surface area contributed by atoms with Gasteiger partial charge in [0.15, 0.2) is 0 Å². The number of thioether (sulfide) groups is 1. The molecule has 3 nitrogen and oxygen atoms in total. The molecule has 2 aromatic rings. The fourth-order valence-electron chi connectivity index (χ4n) is 1.93. The van der Waals surface area contributed by atoms with Crippen LogP contribution in [0.2, 0.25) is 0 Å². The first-order chi connectivity index (χ1) is 8.63. The first kappa shape index (κ1) is 13.0. The molecule has 1 aromatic heterocycles. The molecule has 1 aromatic carbocycles. The molecule has 0 atom stereocenters. The highest BCUT2D eigenvalue weighted by Crippen LogP contribution is 2.30. The molecular formula is C14H19N3S. The molecule has 0 fully saturated rings. The van der Waals surface area contributed by atoms with E-state index >= 15 is 0 Å². The molecule has 0 aliphatic rings. The zero-order valence-corrected chi connectivity index (χ0v) is 11.9. The summed E-state index contributed by atoms with van der Waals surface area (Å²) in [4.78, 5) is 0. The van der Waals surface area contributed by atoms with Gasteiger partial charge < -0.3 is 5.73 Å². The van der Waals surface area contributed by atoms with Crippen molar-refractivity contribution in [1.29, 1.82) is 0 Å². The van der Waals surface area contributed by atoms with E-state index in [1.54, 1.807) is 11.8 Å². The van der Waals surface area contributed by atoms with Crippen LogP contribution >= 0.6 is 11.8 Å². The summed E-state index contributed by atoms with van der Waals surface area (Å²) in [6, 6.07) is 8.44. The van der Waals surface area contributed by atoms with Gasteiger partial charge in [0.05, 0.1) is 11.4 Å². The van der Waals surface area contributed by atoms with Crippen LogP contribution in [0.1, 0.15) is 23.7 Å². The van der Waals surface area contributed by atoms with Crippen molar-refractivity contribution in [1.82, 2.24) is 9.78 Å². The fourth-order valence-corrected chi connectivity index (χ4v) is 3.05. The largest absolute Gasteiger partial charge is 0.395 e. The summed E-state index contributed by atoms with van der Waals surface area (Å²) in [7, 11) is 1.95. The third-order valence-electron chi connectivity index (χ3n) is 3.07. The SMILES string of the molecule is CCc1nn(C)c(SCc2ccccc2C)c1N. The molecule has 18 heavy (non-hydrogen) atoms. The second-order valence-electron chi connectivity index (χ2n) is 4.36. The van der Waals surface area contributed by atoms with Crippen LogP contribution in [0.4, 0.5) is 5.69 Å². The van der Waals surface area contributed by atoms with Crippen molar-refractivity contribution in [2.24, 2.45) is 7.05 Å². The van der Waals surface area contributed by atoms with Crippen molar-refractivity contribution in [3.8, 4) is 0 Å². The predicted molar refractivity (Wildman–Crippen MR) is 77.7 cm³/mol. The van der Waals surface area contributed by atoms with E-state index in [0.29, 0.717) is 0 Å². The topological polar surface area (TPSA) is 43.8 Å². The molecule has 0 amide bonds. The first-order valence-corrected chi connectivity index (χ1v) is 7.10. The van der Waals surface area contributed by atoms with Gasteiger partial charge in [-0.2, -0.15) is 5.10 Å². The summed E-state index contributed by atoms with van der Waals surface area (Å²) in [6.45, 7) is 4.22. The third kappa shape index (κ3) is 2.53. The van der Waals surface area contributed by atoms with Crippen LogP contribution in [0.5, 0.6) is 0 Å². The first-order valence-electron chi connectivity index (χ1n) is 6.12. The van der Waals surface area contributed by atoms with Crippen LogP contribution in [0.25, 0.3) is 0 Å². The van der Waals surface area contributed by atoms with Gasteiger partial charge in [-0.25, -0.2) is 0 Å². The van der Waals surface area contributed by atoms with E-state index < -0.39 is 0 Å². The van der Waals surface area contributed by atoms with E-state index in [9.17, 15) is 0 Å². The van der Waals surface area contributed by atoms with Crippen molar-refractivity contribution in [3.05, 3.63) is 41.1 Å². The summed E-state index contributed by atoms with van der Waals surface area (Å²) >= 11 is 1.75. The van der Waals surface area contributed by atoms with Gasteiger partial charge >= 0.3 is 0 Å². The van der Waals surface area contributed by atoms with Crippen LogP contribution in [-0.4, -0.2) is 9.78 Å². The fraction of sp³-hybridized carbons (Fsp3) is 0.357. The van der Waals surface area contributed by atoms with Gasteiger partial charge in [0.1, 0.15) is 5.03 Å². The number of nitrogens with zero attached hydrogens (tertiary/aromatic N) is 2. The minimum atomic E-state index is 0.832. The van der Waals surface area contributed by atoms with Crippen LogP contribution in [-0.2, 0) is 19.2 Å². The smallest absolute Gasteiger partial charge is 0.117 e. The molecule has 0 radical (unpaired) electrons. The molecule has 1 heterocycles. The number of rotatable bonds is 4. The van der Waals surface area contributed by atoms with Crippen molar-refractivity contribution in [2.45, 2.75) is 31.0 Å². The Labute approximate surface area is 112 Å². The number of nitrogens with two attached hydrogens (primary N) is 1. The van der Waals surface area contributed by atoms with Crippen LogP contribution in [0.15, 0.2) is 29.3 Å². The molecule has 0 unspecified atom stereocenters. The summed E-state index contributed by atoms with van der Waals surface area (Å²) < 4.78 is 1.89. The average Bonchev–Trinajstić information content (AvgIpc) is 2.64. The Kier molecular flexibility index (Phi) is 3.97. The molecule has 0 aliphatic heterocycles. The Balaban J connectivity index is 2.16. The maximum Gasteiger partial charge on any atom is 0.117 e. The van der Waals surface area contributed by atoms with Crippen LogP contribution in [0.3, 0.4) is 0 Å². The lowest BCUT2D eigenvalue weighted by atomic mass is 10.1. The van der Waals surface area contributed by atoms with E-state index in [1.807, 2.05) is 11.7 Å². The lowest BCUT2D eigenvalue weighted by molar-refractivity contribution is 0.687. The zero-order chi connectivity index (χ0) is 13.1. The highest BCUT2D eigenvalue weighted by atomic mass is 32.2. The third-order valence-corrected chi connectivity index (χ3v) is 4.28. The number of aromatic nitrogens is 2. The normalized spacial score (nSPS) is 10.8. The molecule has 0 bridgehead atoms. The molecule has 4 heteroatoms. The maximum absolute atomic E-state index is 6.11. The molecule has 96 valence electrons. The van der Waals surface area contributed by atoms with Crippen molar-refractivity contribution in [2.75, 3.05) is 5.73 Å². The Morgan fingerprint density at radius 1 is 1.33 bits per heavy atom. The number of nitrogen functional groups attached to an aromatic ring is 1. The van der Waals surface area contributed by atoms with E-state index in [1.165, 1.54) is 11.1 Å². The number of hydrogen-bond donors (Lipinski definition) is 1. The lowest BCUT2D eigenvalue weighted by Crippen LogP contribution is -1.95. The van der Waals surface area contributed by atoms with Crippen molar-refractivity contribution in [3.63, 3.8) is 0 Å². The monoisotopic (exact) mass is 261 g/mol. The van der Waals surface area contributed by atoms with Gasteiger partial charge in [-0.1, -0.05) is 43.0 Å². The Morgan fingerprint density at radius 3 is 2.67 bits per heavy atom. The Bertz CT molecular complexity index is 546. The maximum atomic E-state index is 6.11. The van der Waals surface area contributed by atoms with Crippen molar-refractivity contribution < 1.29 is 0 Å². The van der Waals surface area contributed by atoms with E-state index in [2.05, 4.69) is 43.2 Å². The summed E-state index contributed by atoms with van der Waals surface area (Å²) in [5.74, 6) is 0.930. The summed E-state index contributed by atoms with van der Waals surface area (Å²) in [5.41, 5.74) is 10.6. The molecule has 0 saturated carbocycles. The number of anilines is 1. The number of hydrogen-bond acceptors (Lipinski definition) is 3. The quantitative estimate of drug-likeness (QED) is 0.860. The molecule has 0 spiro atoms. The molecule has 2 rings (SSSR count). The van der Waals surface area contributed by atoms with Gasteiger partial charge in [-0.15, -0.1) is 0 Å². The number of aryl methyl sites for hydroxylation is 3. The predicted octanol–water partition coefficient (Wildman–Crippen LogP) is 3.17. The lowest BCUT2D eigenvalue weighted by Gasteiger charge is -2.06. The van der Waals surface area contributed by atoms with E-state index in [-0.39, 0.29) is 0 Å².